The van der Waals surface area contributed by atoms with Crippen molar-refractivity contribution in [1.82, 2.24) is 10.2 Å². The van der Waals surface area contributed by atoms with E-state index in [2.05, 4.69) is 5.32 Å². The van der Waals surface area contributed by atoms with Gasteiger partial charge in [-0.25, -0.2) is 13.2 Å². The van der Waals surface area contributed by atoms with Crippen LogP contribution in [0.4, 0.5) is 4.79 Å². The number of likely N-dealkylation sites (tertiary alicyclic amines) is 1. The molecule has 1 aliphatic heterocycles. The monoisotopic (exact) mass is 342 g/mol. The second kappa shape index (κ2) is 6.99. The maximum absolute atomic E-state index is 12.7. The van der Waals surface area contributed by atoms with E-state index in [0.29, 0.717) is 18.4 Å². The molecule has 23 heavy (non-hydrogen) atoms. The highest BCUT2D eigenvalue weighted by Crippen LogP contribution is 2.35. The first-order chi connectivity index (χ1) is 10.9. The molecular formula is C17H30N2O3S. The molecule has 1 saturated heterocycles. The van der Waals surface area contributed by atoms with Crippen LogP contribution in [0.25, 0.3) is 0 Å². The van der Waals surface area contributed by atoms with Crippen molar-refractivity contribution in [3.63, 3.8) is 0 Å². The average molecular weight is 343 g/mol. The molecule has 3 fully saturated rings. The highest BCUT2D eigenvalue weighted by atomic mass is 32.2. The van der Waals surface area contributed by atoms with E-state index in [1.165, 1.54) is 31.9 Å². The number of carbonyl (C=O) groups is 1. The van der Waals surface area contributed by atoms with Crippen LogP contribution in [0.2, 0.25) is 0 Å². The van der Waals surface area contributed by atoms with Gasteiger partial charge in [-0.3, -0.25) is 0 Å². The van der Waals surface area contributed by atoms with Crippen LogP contribution in [0.15, 0.2) is 0 Å². The molecule has 132 valence electrons. The number of carbonyl (C=O) groups excluding carboxylic acids is 1. The van der Waals surface area contributed by atoms with Gasteiger partial charge in [-0.15, -0.1) is 0 Å². The van der Waals surface area contributed by atoms with Crippen molar-refractivity contribution >= 4 is 15.9 Å². The Kier molecular flexibility index (Phi) is 5.19. The van der Waals surface area contributed by atoms with Crippen molar-refractivity contribution in [2.75, 3.05) is 12.8 Å². The number of nitrogens with one attached hydrogen (secondary N) is 1. The van der Waals surface area contributed by atoms with Crippen molar-refractivity contribution in [3.8, 4) is 0 Å². The van der Waals surface area contributed by atoms with Gasteiger partial charge in [-0.2, -0.15) is 0 Å². The molecule has 1 heterocycles. The van der Waals surface area contributed by atoms with E-state index in [0.717, 1.165) is 38.6 Å². The summed E-state index contributed by atoms with van der Waals surface area (Å²) in [6.07, 6.45) is 11.8. The summed E-state index contributed by atoms with van der Waals surface area (Å²) in [6, 6.07) is 0.464. The number of sulfone groups is 1. The number of nitrogens with zero attached hydrogens (tertiary/aromatic N) is 1. The molecule has 2 saturated carbocycles. The summed E-state index contributed by atoms with van der Waals surface area (Å²) in [7, 11) is -3.00. The van der Waals surface area contributed by atoms with Gasteiger partial charge in [0, 0.05) is 24.9 Å². The Balaban J connectivity index is 1.57. The molecule has 3 atom stereocenters. The third-order valence-corrected chi connectivity index (χ3v) is 7.70. The van der Waals surface area contributed by atoms with E-state index in [-0.39, 0.29) is 17.3 Å². The van der Waals surface area contributed by atoms with E-state index in [1.54, 1.807) is 0 Å². The van der Waals surface area contributed by atoms with Gasteiger partial charge in [-0.05, 0) is 50.9 Å². The van der Waals surface area contributed by atoms with E-state index in [1.807, 2.05) is 4.90 Å². The van der Waals surface area contributed by atoms with Gasteiger partial charge in [-0.1, -0.05) is 19.3 Å². The van der Waals surface area contributed by atoms with E-state index in [4.69, 9.17) is 0 Å². The van der Waals surface area contributed by atoms with Crippen LogP contribution < -0.4 is 5.32 Å². The van der Waals surface area contributed by atoms with Crippen molar-refractivity contribution < 1.29 is 13.2 Å². The first-order valence-electron chi connectivity index (χ1n) is 9.21. The van der Waals surface area contributed by atoms with Gasteiger partial charge in [0.1, 0.15) is 9.84 Å². The number of urea groups is 1. The van der Waals surface area contributed by atoms with Crippen LogP contribution >= 0.6 is 0 Å². The minimum absolute atomic E-state index is 0.0146. The molecular weight excluding hydrogens is 312 g/mol. The Morgan fingerprint density at radius 1 is 1.00 bits per heavy atom. The third-order valence-electron chi connectivity index (χ3n) is 6.06. The molecule has 0 aromatic rings. The van der Waals surface area contributed by atoms with Crippen LogP contribution in [-0.2, 0) is 9.84 Å². The molecule has 3 rings (SSSR count). The lowest BCUT2D eigenvalue weighted by Gasteiger charge is -2.33. The Labute approximate surface area is 140 Å². The lowest BCUT2D eigenvalue weighted by atomic mass is 9.94. The molecule has 0 bridgehead atoms. The van der Waals surface area contributed by atoms with Gasteiger partial charge in [0.05, 0.1) is 5.25 Å². The first kappa shape index (κ1) is 17.1. The van der Waals surface area contributed by atoms with Crippen molar-refractivity contribution in [1.29, 1.82) is 0 Å². The number of hydrogen-bond donors (Lipinski definition) is 1. The smallest absolute Gasteiger partial charge is 0.317 e. The van der Waals surface area contributed by atoms with Crippen LogP contribution in [0.5, 0.6) is 0 Å². The largest absolute Gasteiger partial charge is 0.335 e. The standard InChI is InChI=1S/C17H30N2O3S/c1-23(21,22)15-9-4-8-14(12-15)18-17(20)19-11-5-10-16(19)13-6-2-3-7-13/h13-16H,2-12H2,1H3,(H,18,20)/t14-,15-,16-/m1/s1. The minimum atomic E-state index is -3.00. The summed E-state index contributed by atoms with van der Waals surface area (Å²) in [5, 5.41) is 2.85. The molecule has 6 heteroatoms. The second-order valence-electron chi connectivity index (χ2n) is 7.71. The molecule has 2 aliphatic carbocycles. The maximum atomic E-state index is 12.7. The van der Waals surface area contributed by atoms with Crippen LogP contribution in [-0.4, -0.2) is 49.5 Å². The van der Waals surface area contributed by atoms with Crippen molar-refractivity contribution in [2.24, 2.45) is 5.92 Å². The van der Waals surface area contributed by atoms with Gasteiger partial charge < -0.3 is 10.2 Å². The fraction of sp³-hybridized carbons (Fsp3) is 0.941. The molecule has 0 unspecified atom stereocenters. The van der Waals surface area contributed by atoms with E-state index >= 15 is 0 Å². The summed E-state index contributed by atoms with van der Waals surface area (Å²) in [5.74, 6) is 0.679. The van der Waals surface area contributed by atoms with Crippen LogP contribution in [0, 0.1) is 5.92 Å². The van der Waals surface area contributed by atoms with Crippen LogP contribution in [0.3, 0.4) is 0 Å². The topological polar surface area (TPSA) is 66.5 Å². The number of amides is 2. The summed E-state index contributed by atoms with van der Waals surface area (Å²) >= 11 is 0. The van der Waals surface area contributed by atoms with Gasteiger partial charge in [0.15, 0.2) is 0 Å². The SMILES string of the molecule is CS(=O)(=O)[C@@H]1CCC[C@@H](NC(=O)N2CCC[C@@H]2C2CCCC2)C1. The Bertz CT molecular complexity index is 528. The fourth-order valence-electron chi connectivity index (χ4n) is 4.80. The number of rotatable bonds is 3. The summed E-state index contributed by atoms with van der Waals surface area (Å²) in [5.41, 5.74) is 0. The summed E-state index contributed by atoms with van der Waals surface area (Å²) in [4.78, 5) is 14.7. The Morgan fingerprint density at radius 2 is 1.74 bits per heavy atom. The third kappa shape index (κ3) is 4.01. The molecule has 0 aromatic carbocycles. The number of hydrogen-bond acceptors (Lipinski definition) is 3. The zero-order chi connectivity index (χ0) is 16.4. The zero-order valence-electron chi connectivity index (χ0n) is 14.2. The Hall–Kier alpha value is -0.780. The van der Waals surface area contributed by atoms with Crippen LogP contribution in [0.1, 0.15) is 64.2 Å². The summed E-state index contributed by atoms with van der Waals surface area (Å²) < 4.78 is 23.6. The molecule has 5 nitrogen and oxygen atoms in total. The lowest BCUT2D eigenvalue weighted by Crippen LogP contribution is -2.50. The van der Waals surface area contributed by atoms with Crippen molar-refractivity contribution in [3.05, 3.63) is 0 Å². The Morgan fingerprint density at radius 3 is 2.43 bits per heavy atom. The van der Waals surface area contributed by atoms with Gasteiger partial charge in [0.2, 0.25) is 0 Å². The summed E-state index contributed by atoms with van der Waals surface area (Å²) in [6.45, 7) is 0.856. The lowest BCUT2D eigenvalue weighted by molar-refractivity contribution is 0.166. The zero-order valence-corrected chi connectivity index (χ0v) is 15.0. The maximum Gasteiger partial charge on any atom is 0.317 e. The molecule has 0 aromatic heterocycles. The highest BCUT2D eigenvalue weighted by molar-refractivity contribution is 7.91. The van der Waals surface area contributed by atoms with E-state index in [9.17, 15) is 13.2 Å². The van der Waals surface area contributed by atoms with E-state index < -0.39 is 9.84 Å². The molecule has 3 aliphatic rings. The molecule has 0 radical (unpaired) electrons. The first-order valence-corrected chi connectivity index (χ1v) is 11.2. The fourth-order valence-corrected chi connectivity index (χ4v) is 5.98. The minimum Gasteiger partial charge on any atom is -0.335 e. The van der Waals surface area contributed by atoms with Gasteiger partial charge >= 0.3 is 6.03 Å². The van der Waals surface area contributed by atoms with Gasteiger partial charge in [0.25, 0.3) is 0 Å². The predicted molar refractivity (Wildman–Crippen MR) is 91.1 cm³/mol. The molecule has 0 spiro atoms. The second-order valence-corrected chi connectivity index (χ2v) is 10.0. The quantitative estimate of drug-likeness (QED) is 0.857. The normalized spacial score (nSPS) is 33.1. The molecule has 1 N–H and O–H groups in total. The average Bonchev–Trinajstić information content (AvgIpc) is 3.17. The predicted octanol–water partition coefficient (Wildman–Crippen LogP) is 2.71. The highest BCUT2D eigenvalue weighted by Gasteiger charge is 2.37. The molecule has 2 amide bonds. The van der Waals surface area contributed by atoms with Crippen molar-refractivity contribution in [2.45, 2.75) is 81.5 Å².